The van der Waals surface area contributed by atoms with Gasteiger partial charge in [-0.2, -0.15) is 0 Å². The van der Waals surface area contributed by atoms with Crippen LogP contribution in [-0.4, -0.2) is 22.9 Å². The third kappa shape index (κ3) is 3.21. The van der Waals surface area contributed by atoms with E-state index in [2.05, 4.69) is 11.8 Å². The summed E-state index contributed by atoms with van der Waals surface area (Å²) < 4.78 is 0. The first-order chi connectivity index (χ1) is 8.56. The van der Waals surface area contributed by atoms with Crippen molar-refractivity contribution < 1.29 is 4.92 Å². The average molecular weight is 269 g/mol. The zero-order valence-electron chi connectivity index (χ0n) is 10.4. The number of hydrogen-bond acceptors (Lipinski definition) is 3. The first-order valence-electron chi connectivity index (χ1n) is 6.21. The van der Waals surface area contributed by atoms with Crippen LogP contribution in [0.3, 0.4) is 0 Å². The van der Waals surface area contributed by atoms with Gasteiger partial charge >= 0.3 is 0 Å². The Morgan fingerprint density at radius 2 is 2.33 bits per heavy atom. The molecule has 0 radical (unpaired) electrons. The minimum absolute atomic E-state index is 0.111. The maximum absolute atomic E-state index is 10.8. The first kappa shape index (κ1) is 13.3. The maximum atomic E-state index is 10.8. The number of likely N-dealkylation sites (tertiary alicyclic amines) is 1. The van der Waals surface area contributed by atoms with Crippen LogP contribution in [0.25, 0.3) is 0 Å². The molecule has 0 amide bonds. The number of piperidine rings is 1. The number of rotatable bonds is 3. The topological polar surface area (TPSA) is 46.4 Å². The summed E-state index contributed by atoms with van der Waals surface area (Å²) in [5, 5.41) is 11.4. The Morgan fingerprint density at radius 3 is 3.00 bits per heavy atom. The third-order valence-corrected chi connectivity index (χ3v) is 3.74. The molecule has 4 nitrogen and oxygen atoms in total. The van der Waals surface area contributed by atoms with Gasteiger partial charge in [-0.1, -0.05) is 18.5 Å². The standard InChI is InChI=1S/C13H17ClN2O2/c1-10-3-2-6-15(8-10)9-11-7-12(16(17)18)4-5-13(11)14/h4-5,7,10H,2-3,6,8-9H2,1H3. The van der Waals surface area contributed by atoms with Gasteiger partial charge in [-0.25, -0.2) is 0 Å². The van der Waals surface area contributed by atoms with Gasteiger partial charge in [0.1, 0.15) is 0 Å². The van der Waals surface area contributed by atoms with E-state index < -0.39 is 0 Å². The molecule has 0 bridgehead atoms. The Bertz CT molecular complexity index is 451. The van der Waals surface area contributed by atoms with Gasteiger partial charge < -0.3 is 0 Å². The van der Waals surface area contributed by atoms with Gasteiger partial charge in [0.25, 0.3) is 5.69 Å². The van der Waals surface area contributed by atoms with Gasteiger partial charge in [0.2, 0.25) is 0 Å². The van der Waals surface area contributed by atoms with Gasteiger partial charge in [0, 0.05) is 30.2 Å². The summed E-state index contributed by atoms with van der Waals surface area (Å²) in [5.41, 5.74) is 0.958. The number of non-ortho nitro benzene ring substituents is 1. The molecule has 1 heterocycles. The van der Waals surface area contributed by atoms with E-state index in [0.29, 0.717) is 17.5 Å². The zero-order valence-corrected chi connectivity index (χ0v) is 11.2. The van der Waals surface area contributed by atoms with Crippen LogP contribution < -0.4 is 0 Å². The molecule has 1 aliphatic rings. The highest BCUT2D eigenvalue weighted by Gasteiger charge is 2.18. The fraction of sp³-hybridized carbons (Fsp3) is 0.538. The second-order valence-corrected chi connectivity index (χ2v) is 5.42. The smallest absolute Gasteiger partial charge is 0.269 e. The highest BCUT2D eigenvalue weighted by Crippen LogP contribution is 2.25. The molecule has 1 aromatic rings. The molecule has 0 N–H and O–H groups in total. The Kier molecular flexibility index (Phi) is 4.19. The second kappa shape index (κ2) is 5.67. The monoisotopic (exact) mass is 268 g/mol. The maximum Gasteiger partial charge on any atom is 0.269 e. The number of benzene rings is 1. The first-order valence-corrected chi connectivity index (χ1v) is 6.59. The summed E-state index contributed by atoms with van der Waals surface area (Å²) in [4.78, 5) is 12.7. The average Bonchev–Trinajstić information content (AvgIpc) is 2.31. The Labute approximate surface area is 112 Å². The normalized spacial score (nSPS) is 20.9. The van der Waals surface area contributed by atoms with E-state index in [1.54, 1.807) is 12.1 Å². The van der Waals surface area contributed by atoms with Crippen LogP contribution in [-0.2, 0) is 6.54 Å². The molecule has 5 heteroatoms. The van der Waals surface area contributed by atoms with Gasteiger partial charge in [-0.15, -0.1) is 0 Å². The van der Waals surface area contributed by atoms with Crippen LogP contribution in [0.2, 0.25) is 5.02 Å². The molecule has 1 saturated heterocycles. The molecule has 1 aromatic carbocycles. The summed E-state index contributed by atoms with van der Waals surface area (Å²) in [6, 6.07) is 4.65. The predicted octanol–water partition coefficient (Wildman–Crippen LogP) is 3.48. The lowest BCUT2D eigenvalue weighted by Gasteiger charge is -2.30. The van der Waals surface area contributed by atoms with Crippen molar-refractivity contribution in [3.05, 3.63) is 38.9 Å². The SMILES string of the molecule is CC1CCCN(Cc2cc([N+](=O)[O-])ccc2Cl)C1. The van der Waals surface area contributed by atoms with E-state index in [4.69, 9.17) is 11.6 Å². The van der Waals surface area contributed by atoms with Crippen molar-refractivity contribution in [2.24, 2.45) is 5.92 Å². The largest absolute Gasteiger partial charge is 0.299 e. The molecule has 0 aromatic heterocycles. The summed E-state index contributed by atoms with van der Waals surface area (Å²) in [5.74, 6) is 0.691. The second-order valence-electron chi connectivity index (χ2n) is 5.02. The van der Waals surface area contributed by atoms with Crippen LogP contribution in [0.4, 0.5) is 5.69 Å². The highest BCUT2D eigenvalue weighted by molar-refractivity contribution is 6.31. The lowest BCUT2D eigenvalue weighted by molar-refractivity contribution is -0.384. The third-order valence-electron chi connectivity index (χ3n) is 3.38. The number of hydrogen-bond donors (Lipinski definition) is 0. The van der Waals surface area contributed by atoms with E-state index in [0.717, 1.165) is 18.7 Å². The van der Waals surface area contributed by atoms with Crippen molar-refractivity contribution in [3.8, 4) is 0 Å². The van der Waals surface area contributed by atoms with Crippen molar-refractivity contribution in [1.29, 1.82) is 0 Å². The van der Waals surface area contributed by atoms with Crippen molar-refractivity contribution in [2.45, 2.75) is 26.3 Å². The van der Waals surface area contributed by atoms with Crippen LogP contribution >= 0.6 is 11.6 Å². The number of nitrogens with zero attached hydrogens (tertiary/aromatic N) is 2. The summed E-state index contributed by atoms with van der Waals surface area (Å²) >= 11 is 6.11. The lowest BCUT2D eigenvalue weighted by atomic mass is 10.00. The molecule has 1 unspecified atom stereocenters. The fourth-order valence-corrected chi connectivity index (χ4v) is 2.64. The van der Waals surface area contributed by atoms with Crippen molar-refractivity contribution in [1.82, 2.24) is 4.90 Å². The molecule has 98 valence electrons. The van der Waals surface area contributed by atoms with E-state index >= 15 is 0 Å². The number of nitro groups is 1. The van der Waals surface area contributed by atoms with Crippen molar-refractivity contribution in [3.63, 3.8) is 0 Å². The van der Waals surface area contributed by atoms with Gasteiger partial charge in [-0.05, 0) is 36.9 Å². The van der Waals surface area contributed by atoms with E-state index in [9.17, 15) is 10.1 Å². The molecule has 2 rings (SSSR count). The summed E-state index contributed by atoms with van der Waals surface area (Å²) in [6.45, 7) is 5.02. The number of halogens is 1. The van der Waals surface area contributed by atoms with E-state index in [1.165, 1.54) is 18.9 Å². The molecule has 1 aliphatic heterocycles. The summed E-state index contributed by atoms with van der Waals surface area (Å²) in [7, 11) is 0. The van der Waals surface area contributed by atoms with Crippen LogP contribution in [0, 0.1) is 16.0 Å². The Balaban J connectivity index is 2.12. The predicted molar refractivity (Wildman–Crippen MR) is 71.8 cm³/mol. The van der Waals surface area contributed by atoms with Crippen LogP contribution in [0.1, 0.15) is 25.3 Å². The number of nitro benzene ring substituents is 1. The van der Waals surface area contributed by atoms with E-state index in [-0.39, 0.29) is 10.6 Å². The van der Waals surface area contributed by atoms with Gasteiger partial charge in [-0.3, -0.25) is 15.0 Å². The molecule has 1 atom stereocenters. The van der Waals surface area contributed by atoms with Gasteiger partial charge in [0.05, 0.1) is 4.92 Å². The summed E-state index contributed by atoms with van der Waals surface area (Å²) in [6.07, 6.45) is 2.45. The molecular formula is C13H17ClN2O2. The van der Waals surface area contributed by atoms with Crippen molar-refractivity contribution >= 4 is 17.3 Å². The minimum Gasteiger partial charge on any atom is -0.299 e. The Morgan fingerprint density at radius 1 is 1.56 bits per heavy atom. The van der Waals surface area contributed by atoms with Crippen LogP contribution in [0.15, 0.2) is 18.2 Å². The minimum atomic E-state index is -0.376. The van der Waals surface area contributed by atoms with Gasteiger partial charge in [0.15, 0.2) is 0 Å². The Hall–Kier alpha value is -1.13. The quantitative estimate of drug-likeness (QED) is 0.623. The lowest BCUT2D eigenvalue weighted by Crippen LogP contribution is -2.33. The molecule has 1 fully saturated rings. The highest BCUT2D eigenvalue weighted by atomic mass is 35.5. The fourth-order valence-electron chi connectivity index (χ4n) is 2.47. The van der Waals surface area contributed by atoms with Crippen LogP contribution in [0.5, 0.6) is 0 Å². The van der Waals surface area contributed by atoms with E-state index in [1.807, 2.05) is 0 Å². The molecule has 18 heavy (non-hydrogen) atoms. The molecule has 0 aliphatic carbocycles. The molecule has 0 saturated carbocycles. The molecular weight excluding hydrogens is 252 g/mol. The van der Waals surface area contributed by atoms with Crippen molar-refractivity contribution in [2.75, 3.05) is 13.1 Å². The molecule has 0 spiro atoms. The zero-order chi connectivity index (χ0) is 13.1.